The van der Waals surface area contributed by atoms with Gasteiger partial charge in [0.1, 0.15) is 0 Å². The third-order valence-corrected chi connectivity index (χ3v) is 4.76. The molecular weight excluding hydrogens is 291 g/mol. The van der Waals surface area contributed by atoms with Crippen molar-refractivity contribution in [2.75, 3.05) is 6.61 Å². The van der Waals surface area contributed by atoms with Crippen molar-refractivity contribution in [3.63, 3.8) is 0 Å². The molecule has 0 aliphatic carbocycles. The smallest absolute Gasteiger partial charge is 0.339 e. The van der Waals surface area contributed by atoms with Crippen LogP contribution in [0.25, 0.3) is 22.0 Å². The van der Waals surface area contributed by atoms with E-state index in [1.165, 1.54) is 5.30 Å². The molecule has 2 nitrogen and oxygen atoms in total. The molecule has 1 atom stereocenters. The van der Waals surface area contributed by atoms with Crippen LogP contribution in [0.2, 0.25) is 0 Å². The molecule has 0 radical (unpaired) electrons. The van der Waals surface area contributed by atoms with Crippen molar-refractivity contribution in [2.24, 2.45) is 0 Å². The maximum atomic E-state index is 12.3. The van der Waals surface area contributed by atoms with Gasteiger partial charge in [0, 0.05) is 10.9 Å². The lowest BCUT2D eigenvalue weighted by Gasteiger charge is -2.09. The molecule has 3 aromatic rings. The van der Waals surface area contributed by atoms with Crippen LogP contribution in [-0.2, 0) is 4.74 Å². The molecule has 0 amide bonds. The zero-order chi connectivity index (χ0) is 15.4. The summed E-state index contributed by atoms with van der Waals surface area (Å²) in [5, 5.41) is 1.20. The molecule has 0 bridgehead atoms. The fourth-order valence-corrected chi connectivity index (χ4v) is 3.84. The number of hydrogen-bond donors (Lipinski definition) is 0. The van der Waals surface area contributed by atoms with Crippen molar-refractivity contribution in [1.29, 1.82) is 0 Å². The summed E-state index contributed by atoms with van der Waals surface area (Å²) in [6, 6.07) is 20.3. The number of carbonyl (C=O) groups excluding carboxylic acids is 1. The van der Waals surface area contributed by atoms with Crippen LogP contribution < -0.4 is 0 Å². The van der Waals surface area contributed by atoms with Crippen LogP contribution in [0.4, 0.5) is 0 Å². The largest absolute Gasteiger partial charge is 0.462 e. The van der Waals surface area contributed by atoms with E-state index in [0.29, 0.717) is 20.4 Å². The highest BCUT2D eigenvalue weighted by Gasteiger charge is 2.19. The number of carbonyl (C=O) groups is 1. The van der Waals surface area contributed by atoms with Crippen LogP contribution in [-0.4, -0.2) is 12.6 Å². The minimum Gasteiger partial charge on any atom is -0.462 e. The maximum absolute atomic E-state index is 12.3. The van der Waals surface area contributed by atoms with Gasteiger partial charge in [0.2, 0.25) is 0 Å². The van der Waals surface area contributed by atoms with Crippen molar-refractivity contribution in [1.82, 2.24) is 0 Å². The van der Waals surface area contributed by atoms with Crippen molar-refractivity contribution in [3.05, 3.63) is 72.0 Å². The molecule has 0 aliphatic heterocycles. The SMILES string of the molecule is CCOC(=O)c1c[pH]c(-c2ccccc2)c1-c1ccccc1. The second kappa shape index (κ2) is 6.64. The lowest BCUT2D eigenvalue weighted by Crippen LogP contribution is -2.04. The van der Waals surface area contributed by atoms with Gasteiger partial charge in [0.15, 0.2) is 0 Å². The Morgan fingerprint density at radius 2 is 1.55 bits per heavy atom. The third-order valence-electron chi connectivity index (χ3n) is 3.50. The van der Waals surface area contributed by atoms with Crippen LogP contribution in [0.5, 0.6) is 0 Å². The maximum Gasteiger partial charge on any atom is 0.339 e. The fourth-order valence-electron chi connectivity index (χ4n) is 2.53. The molecular formula is C19H17O2P. The Labute approximate surface area is 131 Å². The molecule has 0 N–H and O–H groups in total. The lowest BCUT2D eigenvalue weighted by atomic mass is 9.98. The average molecular weight is 308 g/mol. The van der Waals surface area contributed by atoms with E-state index in [1.807, 2.05) is 61.3 Å². The van der Waals surface area contributed by atoms with E-state index in [0.717, 1.165) is 16.7 Å². The van der Waals surface area contributed by atoms with Crippen molar-refractivity contribution < 1.29 is 9.53 Å². The molecule has 0 aliphatic rings. The topological polar surface area (TPSA) is 26.3 Å². The Bertz CT molecular complexity index is 761. The number of rotatable bonds is 4. The van der Waals surface area contributed by atoms with E-state index in [-0.39, 0.29) is 5.97 Å². The molecule has 110 valence electrons. The van der Waals surface area contributed by atoms with Gasteiger partial charge in [-0.1, -0.05) is 60.7 Å². The van der Waals surface area contributed by atoms with Crippen LogP contribution >= 0.6 is 8.19 Å². The average Bonchev–Trinajstić information content (AvgIpc) is 3.02. The lowest BCUT2D eigenvalue weighted by molar-refractivity contribution is 0.0528. The van der Waals surface area contributed by atoms with Gasteiger partial charge in [-0.15, -0.1) is 8.19 Å². The highest BCUT2D eigenvalue weighted by atomic mass is 31.0. The molecule has 0 spiro atoms. The summed E-state index contributed by atoms with van der Waals surface area (Å²) in [4.78, 5) is 12.3. The zero-order valence-electron chi connectivity index (χ0n) is 12.4. The van der Waals surface area contributed by atoms with E-state index in [2.05, 4.69) is 12.1 Å². The van der Waals surface area contributed by atoms with Crippen molar-refractivity contribution in [3.8, 4) is 22.0 Å². The van der Waals surface area contributed by atoms with Gasteiger partial charge in [-0.25, -0.2) is 4.79 Å². The molecule has 3 heteroatoms. The van der Waals surface area contributed by atoms with Gasteiger partial charge >= 0.3 is 5.97 Å². The fraction of sp³-hybridized carbons (Fsp3) is 0.105. The Balaban J connectivity index is 2.18. The second-order valence-corrected chi connectivity index (χ2v) is 5.98. The Hall–Kier alpha value is -2.31. The monoisotopic (exact) mass is 308 g/mol. The van der Waals surface area contributed by atoms with Crippen LogP contribution in [0.3, 0.4) is 0 Å². The third kappa shape index (κ3) is 2.84. The summed E-state index contributed by atoms with van der Waals surface area (Å²) in [6.45, 7) is 2.22. The first-order valence-corrected chi connectivity index (χ1v) is 8.38. The quantitative estimate of drug-likeness (QED) is 0.617. The first-order valence-electron chi connectivity index (χ1n) is 7.30. The number of ether oxygens (including phenoxy) is 1. The summed E-state index contributed by atoms with van der Waals surface area (Å²) in [6.07, 6.45) is 0. The molecule has 1 unspecified atom stereocenters. The summed E-state index contributed by atoms with van der Waals surface area (Å²) in [5.41, 5.74) is 3.91. The molecule has 1 aromatic heterocycles. The van der Waals surface area contributed by atoms with Gasteiger partial charge in [0.05, 0.1) is 12.2 Å². The standard InChI is InChI=1S/C19H17O2P/c1-2-21-19(20)16-13-22-18(15-11-7-4-8-12-15)17(16)14-9-5-3-6-10-14/h3-13,22H,2H2,1H3. The zero-order valence-corrected chi connectivity index (χ0v) is 13.4. The number of hydrogen-bond acceptors (Lipinski definition) is 2. The molecule has 1 heterocycles. The molecule has 3 rings (SSSR count). The Kier molecular flexibility index (Phi) is 4.41. The predicted octanol–water partition coefficient (Wildman–Crippen LogP) is 5.23. The highest BCUT2D eigenvalue weighted by Crippen LogP contribution is 2.43. The van der Waals surface area contributed by atoms with Gasteiger partial charge in [0.25, 0.3) is 0 Å². The number of esters is 1. The molecule has 22 heavy (non-hydrogen) atoms. The van der Waals surface area contributed by atoms with Gasteiger partial charge < -0.3 is 4.74 Å². The van der Waals surface area contributed by atoms with Crippen LogP contribution in [0.1, 0.15) is 17.3 Å². The van der Waals surface area contributed by atoms with Gasteiger partial charge in [-0.3, -0.25) is 0 Å². The first-order chi connectivity index (χ1) is 10.8. The minimum atomic E-state index is -0.236. The van der Waals surface area contributed by atoms with Crippen molar-refractivity contribution >= 4 is 14.2 Å². The Morgan fingerprint density at radius 1 is 0.955 bits per heavy atom. The van der Waals surface area contributed by atoms with E-state index in [1.54, 1.807) is 0 Å². The number of benzene rings is 2. The minimum absolute atomic E-state index is 0.236. The second-order valence-electron chi connectivity index (χ2n) is 4.90. The van der Waals surface area contributed by atoms with Gasteiger partial charge in [-0.2, -0.15) is 0 Å². The summed E-state index contributed by atoms with van der Waals surface area (Å²) in [7, 11) is 0.477. The normalized spacial score (nSPS) is 10.8. The van der Waals surface area contributed by atoms with Crippen LogP contribution in [0.15, 0.2) is 66.5 Å². The molecule has 2 aromatic carbocycles. The van der Waals surface area contributed by atoms with E-state index in [9.17, 15) is 4.79 Å². The Morgan fingerprint density at radius 3 is 2.14 bits per heavy atom. The van der Waals surface area contributed by atoms with Crippen molar-refractivity contribution in [2.45, 2.75) is 6.92 Å². The molecule has 0 fully saturated rings. The predicted molar refractivity (Wildman–Crippen MR) is 92.8 cm³/mol. The molecule has 0 saturated carbocycles. The molecule has 0 saturated heterocycles. The van der Waals surface area contributed by atoms with E-state index in [4.69, 9.17) is 4.74 Å². The summed E-state index contributed by atoms with van der Waals surface area (Å²) < 4.78 is 5.22. The highest BCUT2D eigenvalue weighted by molar-refractivity contribution is 7.34. The first kappa shape index (κ1) is 14.6. The summed E-state index contributed by atoms with van der Waals surface area (Å²) >= 11 is 0. The van der Waals surface area contributed by atoms with Crippen LogP contribution in [0, 0.1) is 0 Å². The van der Waals surface area contributed by atoms with E-state index >= 15 is 0 Å². The summed E-state index contributed by atoms with van der Waals surface area (Å²) in [5.74, 6) is 1.77. The van der Waals surface area contributed by atoms with Gasteiger partial charge in [-0.05, 0) is 23.8 Å². The van der Waals surface area contributed by atoms with E-state index < -0.39 is 0 Å².